The lowest BCUT2D eigenvalue weighted by Gasteiger charge is -2.27. The third-order valence-electron chi connectivity index (χ3n) is 5.00. The molecule has 1 aliphatic rings. The fraction of sp³-hybridized carbons (Fsp3) is 0.350. The SMILES string of the molecule is CNC(=O)c1ccc2c(c1)CCN2Cc1ccc(C(C)(O)C(F)(F)F)cc1. The Labute approximate surface area is 155 Å². The largest absolute Gasteiger partial charge is 0.421 e. The molecule has 1 aliphatic heterocycles. The molecule has 0 aliphatic carbocycles. The maximum Gasteiger partial charge on any atom is 0.421 e. The fourth-order valence-electron chi connectivity index (χ4n) is 3.24. The highest BCUT2D eigenvalue weighted by Gasteiger charge is 2.51. The van der Waals surface area contributed by atoms with E-state index in [-0.39, 0.29) is 11.5 Å². The zero-order valence-electron chi connectivity index (χ0n) is 15.1. The molecule has 0 saturated heterocycles. The number of fused-ring (bicyclic) bond motifs is 1. The minimum Gasteiger partial charge on any atom is -0.376 e. The van der Waals surface area contributed by atoms with Crippen LogP contribution in [0.5, 0.6) is 0 Å². The van der Waals surface area contributed by atoms with Crippen LogP contribution in [0.1, 0.15) is 34.0 Å². The summed E-state index contributed by atoms with van der Waals surface area (Å²) in [6.45, 7) is 2.07. The molecule has 1 atom stereocenters. The fourth-order valence-corrected chi connectivity index (χ4v) is 3.24. The van der Waals surface area contributed by atoms with Gasteiger partial charge in [0.1, 0.15) is 0 Å². The van der Waals surface area contributed by atoms with Crippen molar-refractivity contribution in [2.45, 2.75) is 31.7 Å². The van der Waals surface area contributed by atoms with Gasteiger partial charge in [-0.15, -0.1) is 0 Å². The van der Waals surface area contributed by atoms with E-state index in [2.05, 4.69) is 10.2 Å². The number of hydrogen-bond donors (Lipinski definition) is 2. The molecule has 0 spiro atoms. The molecule has 0 fully saturated rings. The van der Waals surface area contributed by atoms with Crippen molar-refractivity contribution in [2.75, 3.05) is 18.5 Å². The Morgan fingerprint density at radius 2 is 1.85 bits per heavy atom. The van der Waals surface area contributed by atoms with Crippen LogP contribution in [-0.2, 0) is 18.6 Å². The Morgan fingerprint density at radius 3 is 2.44 bits per heavy atom. The summed E-state index contributed by atoms with van der Waals surface area (Å²) in [4.78, 5) is 13.9. The van der Waals surface area contributed by atoms with E-state index in [1.165, 1.54) is 12.1 Å². The molecule has 0 bridgehead atoms. The van der Waals surface area contributed by atoms with E-state index in [4.69, 9.17) is 0 Å². The number of carbonyl (C=O) groups is 1. The number of rotatable bonds is 4. The minimum absolute atomic E-state index is 0.136. The standard InChI is InChI=1S/C20H21F3N2O2/c1-19(27,20(21,22)23)16-6-3-13(4-7-16)12-25-10-9-14-11-15(18(26)24-2)5-8-17(14)25/h3-8,11,27H,9-10,12H2,1-2H3,(H,24,26). The van der Waals surface area contributed by atoms with Crippen molar-refractivity contribution in [3.63, 3.8) is 0 Å². The van der Waals surface area contributed by atoms with Crippen LogP contribution >= 0.6 is 0 Å². The molecule has 1 amide bonds. The van der Waals surface area contributed by atoms with Gasteiger partial charge in [0.25, 0.3) is 5.91 Å². The summed E-state index contributed by atoms with van der Waals surface area (Å²) in [6.07, 6.45) is -3.92. The zero-order valence-corrected chi connectivity index (χ0v) is 15.1. The summed E-state index contributed by atoms with van der Waals surface area (Å²) in [5.74, 6) is -0.136. The molecule has 2 aromatic rings. The van der Waals surface area contributed by atoms with Crippen LogP contribution in [0.25, 0.3) is 0 Å². The van der Waals surface area contributed by atoms with Gasteiger partial charge in [-0.05, 0) is 48.2 Å². The van der Waals surface area contributed by atoms with Gasteiger partial charge >= 0.3 is 6.18 Å². The molecule has 1 unspecified atom stereocenters. The molecule has 2 aromatic carbocycles. The quantitative estimate of drug-likeness (QED) is 0.858. The van der Waals surface area contributed by atoms with Gasteiger partial charge in [0.2, 0.25) is 0 Å². The van der Waals surface area contributed by atoms with Crippen molar-refractivity contribution in [2.24, 2.45) is 0 Å². The highest BCUT2D eigenvalue weighted by molar-refractivity contribution is 5.94. The highest BCUT2D eigenvalue weighted by Crippen LogP contribution is 2.38. The molecule has 3 rings (SSSR count). The summed E-state index contributed by atoms with van der Waals surface area (Å²) in [7, 11) is 1.58. The lowest BCUT2D eigenvalue weighted by Crippen LogP contribution is -2.39. The third-order valence-corrected chi connectivity index (χ3v) is 5.00. The Bertz CT molecular complexity index is 845. The van der Waals surface area contributed by atoms with Gasteiger partial charge in [-0.2, -0.15) is 13.2 Å². The molecule has 27 heavy (non-hydrogen) atoms. The van der Waals surface area contributed by atoms with Crippen molar-refractivity contribution in [1.82, 2.24) is 5.32 Å². The van der Waals surface area contributed by atoms with Gasteiger partial charge in [0.05, 0.1) is 0 Å². The first-order valence-corrected chi connectivity index (χ1v) is 8.62. The molecule has 0 aromatic heterocycles. The molecule has 0 saturated carbocycles. The average molecular weight is 378 g/mol. The van der Waals surface area contributed by atoms with Crippen molar-refractivity contribution in [3.8, 4) is 0 Å². The number of benzene rings is 2. The maximum atomic E-state index is 12.9. The number of nitrogens with zero attached hydrogens (tertiary/aromatic N) is 1. The average Bonchev–Trinajstić information content (AvgIpc) is 3.02. The van der Waals surface area contributed by atoms with Crippen molar-refractivity contribution in [3.05, 3.63) is 64.7 Å². The summed E-state index contributed by atoms with van der Waals surface area (Å²) >= 11 is 0. The summed E-state index contributed by atoms with van der Waals surface area (Å²) in [5, 5.41) is 12.3. The summed E-state index contributed by atoms with van der Waals surface area (Å²) < 4.78 is 38.8. The van der Waals surface area contributed by atoms with Crippen LogP contribution in [0, 0.1) is 0 Å². The second-order valence-electron chi connectivity index (χ2n) is 6.86. The zero-order chi connectivity index (χ0) is 19.8. The Hall–Kier alpha value is -2.54. The normalized spacial score (nSPS) is 16.0. The maximum absolute atomic E-state index is 12.9. The molecule has 4 nitrogen and oxygen atoms in total. The van der Waals surface area contributed by atoms with Gasteiger partial charge in [0, 0.05) is 31.4 Å². The number of hydrogen-bond acceptors (Lipinski definition) is 3. The molecule has 0 radical (unpaired) electrons. The van der Waals surface area contributed by atoms with Gasteiger partial charge in [-0.3, -0.25) is 4.79 Å². The molecule has 144 valence electrons. The van der Waals surface area contributed by atoms with E-state index in [0.29, 0.717) is 12.1 Å². The number of alkyl halides is 3. The monoisotopic (exact) mass is 378 g/mol. The van der Waals surface area contributed by atoms with Gasteiger partial charge < -0.3 is 15.3 Å². The smallest absolute Gasteiger partial charge is 0.376 e. The lowest BCUT2D eigenvalue weighted by molar-refractivity contribution is -0.258. The number of anilines is 1. The molecule has 2 N–H and O–H groups in total. The lowest BCUT2D eigenvalue weighted by atomic mass is 9.94. The Kier molecular flexibility index (Phi) is 4.90. The first-order valence-electron chi connectivity index (χ1n) is 8.62. The minimum atomic E-state index is -4.73. The molecular weight excluding hydrogens is 357 g/mol. The van der Waals surface area contributed by atoms with Gasteiger partial charge in [-0.1, -0.05) is 24.3 Å². The summed E-state index contributed by atoms with van der Waals surface area (Å²) in [5.41, 5.74) is 0.497. The van der Waals surface area contributed by atoms with Crippen LogP contribution in [0.2, 0.25) is 0 Å². The predicted octanol–water partition coefficient (Wildman–Crippen LogP) is 3.38. The third kappa shape index (κ3) is 3.64. The summed E-state index contributed by atoms with van der Waals surface area (Å²) in [6, 6.07) is 11.4. The number of aliphatic hydroxyl groups is 1. The van der Waals surface area contributed by atoms with Crippen LogP contribution < -0.4 is 10.2 Å². The number of nitrogens with one attached hydrogen (secondary N) is 1. The van der Waals surface area contributed by atoms with E-state index in [1.807, 2.05) is 12.1 Å². The van der Waals surface area contributed by atoms with Gasteiger partial charge in [0.15, 0.2) is 5.60 Å². The first kappa shape index (κ1) is 19.2. The van der Waals surface area contributed by atoms with Crippen LogP contribution in [0.15, 0.2) is 42.5 Å². The molecule has 1 heterocycles. The van der Waals surface area contributed by atoms with E-state index in [9.17, 15) is 23.1 Å². The first-order chi connectivity index (χ1) is 12.6. The Morgan fingerprint density at radius 1 is 1.19 bits per heavy atom. The number of carbonyl (C=O) groups excluding carboxylic acids is 1. The van der Waals surface area contributed by atoms with Crippen molar-refractivity contribution >= 4 is 11.6 Å². The van der Waals surface area contributed by atoms with Crippen LogP contribution in [0.3, 0.4) is 0 Å². The van der Waals surface area contributed by atoms with Crippen molar-refractivity contribution in [1.29, 1.82) is 0 Å². The second kappa shape index (κ2) is 6.88. The molecular formula is C20H21F3N2O2. The van der Waals surface area contributed by atoms with Crippen LogP contribution in [0.4, 0.5) is 18.9 Å². The highest BCUT2D eigenvalue weighted by atomic mass is 19.4. The molecule has 7 heteroatoms. The van der Waals surface area contributed by atoms with Crippen molar-refractivity contribution < 1.29 is 23.1 Å². The van der Waals surface area contributed by atoms with E-state index < -0.39 is 11.8 Å². The number of amides is 1. The van der Waals surface area contributed by atoms with Crippen LogP contribution in [-0.4, -0.2) is 30.8 Å². The van der Waals surface area contributed by atoms with Gasteiger partial charge in [-0.25, -0.2) is 0 Å². The number of halogens is 3. The second-order valence-corrected chi connectivity index (χ2v) is 6.86. The predicted molar refractivity (Wildman–Crippen MR) is 96.7 cm³/mol. The van der Waals surface area contributed by atoms with E-state index in [0.717, 1.165) is 36.7 Å². The van der Waals surface area contributed by atoms with E-state index >= 15 is 0 Å². The topological polar surface area (TPSA) is 52.6 Å². The van der Waals surface area contributed by atoms with E-state index in [1.54, 1.807) is 25.2 Å². The Balaban J connectivity index is 1.76.